The number of aliphatic carboxylic acids is 2. The smallest absolute Gasteiger partial charge is 0.326 e. The van der Waals surface area contributed by atoms with Crippen molar-refractivity contribution in [3.63, 3.8) is 0 Å². The Balaban J connectivity index is 1.67. The van der Waals surface area contributed by atoms with Crippen LogP contribution in [0.5, 0.6) is 0 Å². The first-order valence-electron chi connectivity index (χ1n) is 10.5. The molecule has 0 saturated heterocycles. The predicted molar refractivity (Wildman–Crippen MR) is 126 cm³/mol. The lowest BCUT2D eigenvalue weighted by Gasteiger charge is -2.32. The highest BCUT2D eigenvalue weighted by atomic mass is 16.4. The minimum absolute atomic E-state index is 0.0541. The van der Waals surface area contributed by atoms with Crippen molar-refractivity contribution in [3.05, 3.63) is 52.1 Å². The van der Waals surface area contributed by atoms with E-state index in [9.17, 15) is 29.4 Å². The third-order valence-electron chi connectivity index (χ3n) is 5.85. The summed E-state index contributed by atoms with van der Waals surface area (Å²) in [6.45, 7) is 4.51. The summed E-state index contributed by atoms with van der Waals surface area (Å²) < 4.78 is 0. The SMILES string of the molecule is CC(C(NC(=O)c1ccc(NCc2cnc3nc(N)[nH]c(=O)c3n2)cc1)C(=O)O)C(C)(C)C(=O)O. The summed E-state index contributed by atoms with van der Waals surface area (Å²) >= 11 is 0. The van der Waals surface area contributed by atoms with Crippen LogP contribution >= 0.6 is 0 Å². The minimum atomic E-state index is -1.40. The predicted octanol–water partition coefficient (Wildman–Crippen LogP) is 0.837. The molecule has 1 amide bonds. The Labute approximate surface area is 198 Å². The fourth-order valence-electron chi connectivity index (χ4n) is 3.22. The third-order valence-corrected chi connectivity index (χ3v) is 5.85. The zero-order valence-electron chi connectivity index (χ0n) is 19.2. The summed E-state index contributed by atoms with van der Waals surface area (Å²) in [6, 6.07) is 4.81. The Kier molecular flexibility index (Phi) is 6.99. The van der Waals surface area contributed by atoms with Gasteiger partial charge in [0.1, 0.15) is 6.04 Å². The third kappa shape index (κ3) is 5.51. The highest BCUT2D eigenvalue weighted by Crippen LogP contribution is 2.30. The molecular formula is C22H25N7O6. The standard InChI is InChI=1S/C22H25N7O6/c1-10(22(2,3)20(34)35)14(19(32)33)27-17(30)11-4-6-12(7-5-11)24-8-13-9-25-16-15(26-13)18(31)29-21(23)28-16/h4-7,9-10,14,24H,8H2,1-3H3,(H,27,30)(H,32,33)(H,34,35)(H3,23,25,28,29,31). The lowest BCUT2D eigenvalue weighted by molar-refractivity contribution is -0.153. The van der Waals surface area contributed by atoms with E-state index in [1.54, 1.807) is 12.1 Å². The number of anilines is 2. The fraction of sp³-hybridized carbons (Fsp3) is 0.318. The second-order valence-corrected chi connectivity index (χ2v) is 8.52. The zero-order valence-corrected chi connectivity index (χ0v) is 19.2. The fourth-order valence-corrected chi connectivity index (χ4v) is 3.22. The number of hydrogen-bond acceptors (Lipinski definition) is 9. The number of benzene rings is 1. The minimum Gasteiger partial charge on any atom is -0.481 e. The normalized spacial score (nSPS) is 13.1. The summed E-state index contributed by atoms with van der Waals surface area (Å²) in [6.07, 6.45) is 1.45. The number of aromatic nitrogens is 4. The van der Waals surface area contributed by atoms with E-state index in [1.807, 2.05) is 0 Å². The van der Waals surface area contributed by atoms with Gasteiger partial charge in [-0.05, 0) is 38.1 Å². The molecule has 2 unspecified atom stereocenters. The molecule has 0 fully saturated rings. The Morgan fingerprint density at radius 1 is 1.14 bits per heavy atom. The van der Waals surface area contributed by atoms with Crippen LogP contribution in [0.2, 0.25) is 0 Å². The van der Waals surface area contributed by atoms with Crippen LogP contribution in [0.1, 0.15) is 36.8 Å². The van der Waals surface area contributed by atoms with Gasteiger partial charge in [-0.25, -0.2) is 14.8 Å². The van der Waals surface area contributed by atoms with Crippen molar-refractivity contribution in [1.29, 1.82) is 0 Å². The largest absolute Gasteiger partial charge is 0.481 e. The van der Waals surface area contributed by atoms with Crippen molar-refractivity contribution >= 4 is 40.6 Å². The molecule has 2 heterocycles. The Morgan fingerprint density at radius 3 is 2.40 bits per heavy atom. The van der Waals surface area contributed by atoms with Gasteiger partial charge >= 0.3 is 11.9 Å². The molecule has 35 heavy (non-hydrogen) atoms. The van der Waals surface area contributed by atoms with Crippen molar-refractivity contribution in [2.45, 2.75) is 33.4 Å². The van der Waals surface area contributed by atoms with Crippen LogP contribution in [-0.4, -0.2) is 54.0 Å². The van der Waals surface area contributed by atoms with Gasteiger partial charge < -0.3 is 26.6 Å². The van der Waals surface area contributed by atoms with Crippen LogP contribution in [0, 0.1) is 11.3 Å². The van der Waals surface area contributed by atoms with Crippen molar-refractivity contribution < 1.29 is 24.6 Å². The molecule has 0 spiro atoms. The van der Waals surface area contributed by atoms with E-state index in [0.717, 1.165) is 0 Å². The van der Waals surface area contributed by atoms with Crippen LogP contribution in [0.15, 0.2) is 35.3 Å². The number of nitrogen functional groups attached to an aromatic ring is 1. The van der Waals surface area contributed by atoms with E-state index in [2.05, 4.69) is 30.6 Å². The molecule has 0 aliphatic heterocycles. The molecule has 0 aliphatic carbocycles. The number of carboxylic acids is 2. The van der Waals surface area contributed by atoms with Gasteiger partial charge in [0.25, 0.3) is 11.5 Å². The molecule has 7 N–H and O–H groups in total. The number of rotatable bonds is 9. The van der Waals surface area contributed by atoms with Crippen LogP contribution in [0.25, 0.3) is 11.2 Å². The summed E-state index contributed by atoms with van der Waals surface area (Å²) in [5.74, 6) is -4.08. The van der Waals surface area contributed by atoms with E-state index in [1.165, 1.54) is 39.1 Å². The van der Waals surface area contributed by atoms with E-state index < -0.39 is 40.8 Å². The van der Waals surface area contributed by atoms with Gasteiger partial charge in [-0.1, -0.05) is 6.92 Å². The highest BCUT2D eigenvalue weighted by molar-refractivity contribution is 5.97. The van der Waals surface area contributed by atoms with E-state index in [0.29, 0.717) is 11.4 Å². The second kappa shape index (κ2) is 9.75. The quantitative estimate of drug-likeness (QED) is 0.251. The molecule has 3 rings (SSSR count). The molecule has 184 valence electrons. The number of hydrogen-bond donors (Lipinski definition) is 6. The van der Waals surface area contributed by atoms with Gasteiger partial charge in [0, 0.05) is 17.2 Å². The first-order valence-corrected chi connectivity index (χ1v) is 10.5. The van der Waals surface area contributed by atoms with E-state index in [4.69, 9.17) is 5.73 Å². The molecule has 0 bridgehead atoms. The zero-order chi connectivity index (χ0) is 25.9. The summed E-state index contributed by atoms with van der Waals surface area (Å²) in [5.41, 5.74) is 5.09. The number of carboxylic acid groups (broad SMARTS) is 2. The van der Waals surface area contributed by atoms with Crippen molar-refractivity contribution in [3.8, 4) is 0 Å². The highest BCUT2D eigenvalue weighted by Gasteiger charge is 2.42. The summed E-state index contributed by atoms with van der Waals surface area (Å²) in [5, 5.41) is 24.4. The van der Waals surface area contributed by atoms with Gasteiger partial charge in [0.05, 0.1) is 23.9 Å². The molecule has 13 nitrogen and oxygen atoms in total. The maximum atomic E-state index is 12.6. The van der Waals surface area contributed by atoms with Gasteiger partial charge in [-0.15, -0.1) is 0 Å². The van der Waals surface area contributed by atoms with Gasteiger partial charge in [0.15, 0.2) is 11.2 Å². The molecule has 0 radical (unpaired) electrons. The van der Waals surface area contributed by atoms with Crippen LogP contribution in [-0.2, 0) is 16.1 Å². The molecule has 3 aromatic rings. The van der Waals surface area contributed by atoms with Crippen molar-refractivity contribution in [2.75, 3.05) is 11.1 Å². The maximum absolute atomic E-state index is 12.6. The number of fused-ring (bicyclic) bond motifs is 1. The molecule has 0 saturated carbocycles. The lowest BCUT2D eigenvalue weighted by atomic mass is 9.75. The maximum Gasteiger partial charge on any atom is 0.326 e. The number of nitrogens with one attached hydrogen (secondary N) is 3. The second-order valence-electron chi connectivity index (χ2n) is 8.52. The topological polar surface area (TPSA) is 213 Å². The summed E-state index contributed by atoms with van der Waals surface area (Å²) in [7, 11) is 0. The van der Waals surface area contributed by atoms with Crippen LogP contribution in [0.4, 0.5) is 11.6 Å². The van der Waals surface area contributed by atoms with Gasteiger partial charge in [0.2, 0.25) is 5.95 Å². The molecule has 0 aliphatic rings. The van der Waals surface area contributed by atoms with Crippen LogP contribution < -0.4 is 21.9 Å². The molecule has 2 atom stereocenters. The van der Waals surface area contributed by atoms with Gasteiger partial charge in [-0.2, -0.15) is 4.98 Å². The number of nitrogens with zero attached hydrogens (tertiary/aromatic N) is 3. The number of nitrogens with two attached hydrogens (primary N) is 1. The first-order chi connectivity index (χ1) is 16.4. The average molecular weight is 483 g/mol. The Hall–Kier alpha value is -4.55. The first kappa shape index (κ1) is 25.1. The Morgan fingerprint density at radius 2 is 1.80 bits per heavy atom. The van der Waals surface area contributed by atoms with E-state index >= 15 is 0 Å². The Bertz CT molecular complexity index is 1340. The lowest BCUT2D eigenvalue weighted by Crippen LogP contribution is -2.51. The van der Waals surface area contributed by atoms with Crippen molar-refractivity contribution in [2.24, 2.45) is 11.3 Å². The number of amides is 1. The number of aromatic amines is 1. The monoisotopic (exact) mass is 483 g/mol. The molecule has 13 heteroatoms. The van der Waals surface area contributed by atoms with Gasteiger partial charge in [-0.3, -0.25) is 19.4 Å². The number of carbonyl (C=O) groups excluding carboxylic acids is 1. The molecular weight excluding hydrogens is 458 g/mol. The molecule has 2 aromatic heterocycles. The number of H-pyrrole nitrogens is 1. The average Bonchev–Trinajstić information content (AvgIpc) is 2.80. The van der Waals surface area contributed by atoms with E-state index in [-0.39, 0.29) is 29.2 Å². The number of carbonyl (C=O) groups is 3. The molecule has 1 aromatic carbocycles. The van der Waals surface area contributed by atoms with Crippen molar-refractivity contribution in [1.82, 2.24) is 25.3 Å². The van der Waals surface area contributed by atoms with Crippen LogP contribution in [0.3, 0.4) is 0 Å². The summed E-state index contributed by atoms with van der Waals surface area (Å²) in [4.78, 5) is 62.4.